The summed E-state index contributed by atoms with van der Waals surface area (Å²) in [7, 11) is 0. The number of aromatic hydroxyl groups is 1. The fourth-order valence-corrected chi connectivity index (χ4v) is 2.18. The number of aromatic nitrogens is 3. The summed E-state index contributed by atoms with van der Waals surface area (Å²) in [5.74, 6) is 0.443. The Bertz CT molecular complexity index is 599. The van der Waals surface area contributed by atoms with Gasteiger partial charge in [0.25, 0.3) is 0 Å². The normalized spacial score (nSPS) is 11.1. The summed E-state index contributed by atoms with van der Waals surface area (Å²) in [5.41, 5.74) is 0.752. The monoisotopic (exact) mass is 388 g/mol. The molecule has 0 aliphatic carbocycles. The number of hydrogen-bond acceptors (Lipinski definition) is 5. The largest absolute Gasteiger partial charge is 0.503 e. The molecule has 0 saturated carbocycles. The van der Waals surface area contributed by atoms with Crippen molar-refractivity contribution >= 4 is 38.1 Å². The molecule has 0 unspecified atom stereocenters. The zero-order valence-corrected chi connectivity index (χ0v) is 13.1. The van der Waals surface area contributed by atoms with Gasteiger partial charge < -0.3 is 9.84 Å². The Morgan fingerprint density at radius 2 is 2.05 bits per heavy atom. The maximum Gasteiger partial charge on any atom is 0.173 e. The molecule has 0 radical (unpaired) electrons. The lowest BCUT2D eigenvalue weighted by Crippen LogP contribution is -1.96. The summed E-state index contributed by atoms with van der Waals surface area (Å²) < 4.78 is 8.02. The highest BCUT2D eigenvalue weighted by Gasteiger charge is 2.14. The second kappa shape index (κ2) is 6.16. The van der Waals surface area contributed by atoms with Crippen molar-refractivity contribution in [3.8, 4) is 11.5 Å². The predicted octanol–water partition coefficient (Wildman–Crippen LogP) is 2.79. The fraction of sp³-hybridized carbons (Fsp3) is 0.182. The Hall–Kier alpha value is -1.41. The molecule has 1 heterocycles. The Morgan fingerprint density at radius 3 is 2.68 bits per heavy atom. The van der Waals surface area contributed by atoms with E-state index in [0.29, 0.717) is 21.3 Å². The number of hydrogen-bond donors (Lipinski definition) is 1. The Morgan fingerprint density at radius 1 is 1.37 bits per heavy atom. The minimum absolute atomic E-state index is 0.0511. The number of benzene rings is 1. The predicted molar refractivity (Wildman–Crippen MR) is 77.7 cm³/mol. The topological polar surface area (TPSA) is 72.5 Å². The van der Waals surface area contributed by atoms with Crippen molar-refractivity contribution in [2.45, 2.75) is 6.92 Å². The lowest BCUT2D eigenvalue weighted by Gasteiger charge is -2.10. The summed E-state index contributed by atoms with van der Waals surface area (Å²) in [6, 6.07) is 1.70. The molecule has 8 heteroatoms. The minimum atomic E-state index is 0.0511. The summed E-state index contributed by atoms with van der Waals surface area (Å²) in [6.07, 6.45) is 4.56. The maximum atomic E-state index is 9.91. The van der Waals surface area contributed by atoms with Gasteiger partial charge in [0.2, 0.25) is 0 Å². The van der Waals surface area contributed by atoms with Crippen molar-refractivity contribution < 1.29 is 9.84 Å². The van der Waals surface area contributed by atoms with E-state index in [2.05, 4.69) is 47.2 Å². The first-order chi connectivity index (χ1) is 9.13. The first-order valence-corrected chi connectivity index (χ1v) is 6.94. The molecule has 0 amide bonds. The molecular weight excluding hydrogens is 380 g/mol. The zero-order valence-electron chi connectivity index (χ0n) is 9.92. The minimum Gasteiger partial charge on any atom is -0.503 e. The SMILES string of the molecule is CCOc1cc(C=Nn2cnnc2)c(Br)c(Br)c1O. The molecule has 0 fully saturated rings. The highest BCUT2D eigenvalue weighted by molar-refractivity contribution is 9.13. The molecule has 1 aromatic carbocycles. The lowest BCUT2D eigenvalue weighted by atomic mass is 10.2. The average molecular weight is 390 g/mol. The first kappa shape index (κ1) is 14.0. The van der Waals surface area contributed by atoms with Crippen LogP contribution in [0.2, 0.25) is 0 Å². The van der Waals surface area contributed by atoms with Crippen LogP contribution in [0.3, 0.4) is 0 Å². The Balaban J connectivity index is 2.39. The van der Waals surface area contributed by atoms with E-state index in [1.54, 1.807) is 12.3 Å². The number of halogens is 2. The molecule has 1 aromatic heterocycles. The van der Waals surface area contributed by atoms with Gasteiger partial charge in [0.05, 0.1) is 17.3 Å². The molecule has 2 rings (SSSR count). The Labute approximate surface area is 126 Å². The van der Waals surface area contributed by atoms with Crippen LogP contribution in [0.15, 0.2) is 32.8 Å². The molecular formula is C11H10Br2N4O2. The van der Waals surface area contributed by atoms with Crippen molar-refractivity contribution in [3.63, 3.8) is 0 Å². The Kier molecular flexibility index (Phi) is 4.54. The van der Waals surface area contributed by atoms with Gasteiger partial charge in [-0.2, -0.15) is 5.10 Å². The quantitative estimate of drug-likeness (QED) is 0.816. The van der Waals surface area contributed by atoms with Crippen LogP contribution < -0.4 is 4.74 Å². The van der Waals surface area contributed by atoms with Crippen molar-refractivity contribution in [1.82, 2.24) is 14.9 Å². The van der Waals surface area contributed by atoms with Gasteiger partial charge in [-0.1, -0.05) is 0 Å². The number of ether oxygens (including phenoxy) is 1. The van der Waals surface area contributed by atoms with Gasteiger partial charge in [-0.05, 0) is 44.8 Å². The molecule has 6 nitrogen and oxygen atoms in total. The third kappa shape index (κ3) is 3.13. The van der Waals surface area contributed by atoms with Gasteiger partial charge in [0.1, 0.15) is 12.7 Å². The van der Waals surface area contributed by atoms with Gasteiger partial charge in [-0.3, -0.25) is 0 Å². The van der Waals surface area contributed by atoms with Gasteiger partial charge in [-0.15, -0.1) is 10.2 Å². The zero-order chi connectivity index (χ0) is 13.8. The number of phenols is 1. The molecule has 2 aromatic rings. The third-order valence-corrected chi connectivity index (χ3v) is 4.37. The number of rotatable bonds is 4. The van der Waals surface area contributed by atoms with E-state index in [4.69, 9.17) is 4.74 Å². The second-order valence-electron chi connectivity index (χ2n) is 3.46. The number of nitrogens with zero attached hydrogens (tertiary/aromatic N) is 4. The van der Waals surface area contributed by atoms with E-state index in [1.807, 2.05) is 6.92 Å². The van der Waals surface area contributed by atoms with Crippen LogP contribution in [-0.2, 0) is 0 Å². The van der Waals surface area contributed by atoms with Gasteiger partial charge in [-0.25, -0.2) is 4.68 Å². The van der Waals surface area contributed by atoms with E-state index in [0.717, 1.165) is 5.56 Å². The van der Waals surface area contributed by atoms with Crippen molar-refractivity contribution in [1.29, 1.82) is 0 Å². The van der Waals surface area contributed by atoms with Crippen LogP contribution in [0.25, 0.3) is 0 Å². The van der Waals surface area contributed by atoms with Crippen molar-refractivity contribution in [3.05, 3.63) is 33.2 Å². The van der Waals surface area contributed by atoms with Gasteiger partial charge in [0, 0.05) is 10.0 Å². The smallest absolute Gasteiger partial charge is 0.173 e. The maximum absolute atomic E-state index is 9.91. The molecule has 100 valence electrons. The lowest BCUT2D eigenvalue weighted by molar-refractivity contribution is 0.317. The van der Waals surface area contributed by atoms with Gasteiger partial charge in [0.15, 0.2) is 11.5 Å². The van der Waals surface area contributed by atoms with E-state index < -0.39 is 0 Å². The highest BCUT2D eigenvalue weighted by Crippen LogP contribution is 2.41. The molecule has 0 atom stereocenters. The first-order valence-electron chi connectivity index (χ1n) is 5.36. The van der Waals surface area contributed by atoms with Crippen molar-refractivity contribution in [2.24, 2.45) is 5.10 Å². The van der Waals surface area contributed by atoms with E-state index in [1.165, 1.54) is 17.3 Å². The fourth-order valence-electron chi connectivity index (χ4n) is 1.36. The molecule has 0 aliphatic heterocycles. The average Bonchev–Trinajstić information content (AvgIpc) is 2.91. The summed E-state index contributed by atoms with van der Waals surface area (Å²) in [4.78, 5) is 0. The van der Waals surface area contributed by atoms with Crippen LogP contribution in [0, 0.1) is 0 Å². The van der Waals surface area contributed by atoms with E-state index in [-0.39, 0.29) is 5.75 Å². The summed E-state index contributed by atoms with van der Waals surface area (Å²) >= 11 is 6.69. The summed E-state index contributed by atoms with van der Waals surface area (Å²) in [6.45, 7) is 2.31. The van der Waals surface area contributed by atoms with Gasteiger partial charge >= 0.3 is 0 Å². The molecule has 0 aliphatic rings. The van der Waals surface area contributed by atoms with E-state index in [9.17, 15) is 5.11 Å². The van der Waals surface area contributed by atoms with Crippen LogP contribution in [0.4, 0.5) is 0 Å². The molecule has 0 spiro atoms. The standard InChI is InChI=1S/C11H10Br2N4O2/c1-2-19-8-3-7(9(12)10(13)11(8)18)4-16-17-5-14-15-6-17/h3-6,18H,2H2,1H3. The highest BCUT2D eigenvalue weighted by atomic mass is 79.9. The third-order valence-electron chi connectivity index (χ3n) is 2.21. The molecule has 0 saturated heterocycles. The second-order valence-corrected chi connectivity index (χ2v) is 5.05. The summed E-state index contributed by atoms with van der Waals surface area (Å²) in [5, 5.41) is 21.4. The van der Waals surface area contributed by atoms with Crippen LogP contribution in [0.5, 0.6) is 11.5 Å². The number of phenolic OH excluding ortho intramolecular Hbond substituents is 1. The van der Waals surface area contributed by atoms with Crippen LogP contribution >= 0.6 is 31.9 Å². The van der Waals surface area contributed by atoms with E-state index >= 15 is 0 Å². The molecule has 1 N–H and O–H groups in total. The van der Waals surface area contributed by atoms with Crippen LogP contribution in [0.1, 0.15) is 12.5 Å². The molecule has 0 bridgehead atoms. The van der Waals surface area contributed by atoms with Crippen molar-refractivity contribution in [2.75, 3.05) is 6.61 Å². The molecule has 19 heavy (non-hydrogen) atoms. The van der Waals surface area contributed by atoms with Crippen LogP contribution in [-0.4, -0.2) is 32.8 Å².